The van der Waals surface area contributed by atoms with Gasteiger partial charge in [-0.25, -0.2) is 8.42 Å². The Hall–Kier alpha value is -3.08. The number of rotatable bonds is 16. The van der Waals surface area contributed by atoms with Gasteiger partial charge in [0.25, 0.3) is 0 Å². The number of methoxy groups -OCH3 is 1. The van der Waals surface area contributed by atoms with Crippen molar-refractivity contribution in [2.75, 3.05) is 33.2 Å². The maximum Gasteiger partial charge on any atom is 0.335 e. The van der Waals surface area contributed by atoms with Crippen molar-refractivity contribution in [3.05, 3.63) is 77.6 Å². The van der Waals surface area contributed by atoms with E-state index in [-0.39, 0.29) is 42.6 Å². The Balaban J connectivity index is 1.81. The second-order valence-corrected chi connectivity index (χ2v) is 13.4. The summed E-state index contributed by atoms with van der Waals surface area (Å²) in [5.41, 5.74) is 1.55. The molecule has 0 aliphatic carbocycles. The lowest BCUT2D eigenvalue weighted by Crippen LogP contribution is -2.18. The largest absolute Gasteiger partial charge is 0.488 e. The second kappa shape index (κ2) is 14.7. The number of nitrogens with zero attached hydrogens (tertiary/aromatic N) is 1. The van der Waals surface area contributed by atoms with Gasteiger partial charge in [0.05, 0.1) is 37.3 Å². The van der Waals surface area contributed by atoms with E-state index in [2.05, 4.69) is 4.98 Å². The lowest BCUT2D eigenvalue weighted by molar-refractivity contribution is 0.0914. The molecule has 0 saturated heterocycles. The van der Waals surface area contributed by atoms with Crippen LogP contribution in [0.2, 0.25) is 0 Å². The number of pyridine rings is 1. The van der Waals surface area contributed by atoms with Gasteiger partial charge in [-0.2, -0.15) is 0 Å². The summed E-state index contributed by atoms with van der Waals surface area (Å²) in [6, 6.07) is 14.3. The Bertz CT molecular complexity index is 1450. The predicted molar refractivity (Wildman–Crippen MR) is 155 cm³/mol. The van der Waals surface area contributed by atoms with E-state index in [0.29, 0.717) is 40.7 Å². The van der Waals surface area contributed by atoms with Crippen molar-refractivity contribution in [1.82, 2.24) is 4.98 Å². The van der Waals surface area contributed by atoms with Gasteiger partial charge in [0, 0.05) is 36.9 Å². The monoisotopic (exact) mass is 605 g/mol. The number of ketones is 1. The minimum Gasteiger partial charge on any atom is -0.488 e. The van der Waals surface area contributed by atoms with Crippen LogP contribution in [0.15, 0.2) is 65.7 Å². The summed E-state index contributed by atoms with van der Waals surface area (Å²) in [6.07, 6.45) is 2.50. The van der Waals surface area contributed by atoms with Gasteiger partial charge in [0.2, 0.25) is 0 Å². The van der Waals surface area contributed by atoms with Gasteiger partial charge in [-0.3, -0.25) is 14.3 Å². The van der Waals surface area contributed by atoms with Gasteiger partial charge < -0.3 is 23.3 Å². The molecule has 41 heavy (non-hydrogen) atoms. The molecule has 1 atom stereocenters. The summed E-state index contributed by atoms with van der Waals surface area (Å²) < 4.78 is 64.1. The van der Waals surface area contributed by atoms with Gasteiger partial charge in [0.15, 0.2) is 15.6 Å². The molecule has 0 bridgehead atoms. The number of hydrogen-bond acceptors (Lipinski definition) is 10. The zero-order valence-electron chi connectivity index (χ0n) is 23.9. The predicted octanol–water partition coefficient (Wildman–Crippen LogP) is 5.88. The molecular weight excluding hydrogens is 569 g/mol. The highest BCUT2D eigenvalue weighted by Gasteiger charge is 2.24. The number of carbonyl (C=O) groups excluding carboxylic acids is 1. The molecule has 0 N–H and O–H groups in total. The molecule has 1 heterocycles. The molecule has 0 amide bonds. The first-order valence-electron chi connectivity index (χ1n) is 13.1. The molecule has 3 aromatic rings. The van der Waals surface area contributed by atoms with Crippen LogP contribution in [-0.4, -0.2) is 58.5 Å². The second-order valence-electron chi connectivity index (χ2n) is 9.28. The lowest BCUT2D eigenvalue weighted by Gasteiger charge is -2.17. The first-order valence-corrected chi connectivity index (χ1v) is 16.7. The first kappa shape index (κ1) is 32.4. The fraction of sp³-hybridized carbons (Fsp3) is 0.379. The van der Waals surface area contributed by atoms with Crippen molar-refractivity contribution in [1.29, 1.82) is 0 Å². The van der Waals surface area contributed by atoms with E-state index in [1.54, 1.807) is 69.6 Å². The number of benzene rings is 2. The van der Waals surface area contributed by atoms with Gasteiger partial charge in [0.1, 0.15) is 23.4 Å². The third-order valence-corrected chi connectivity index (χ3v) is 8.87. The third kappa shape index (κ3) is 10.1. The summed E-state index contributed by atoms with van der Waals surface area (Å²) in [4.78, 5) is 17.8. The molecule has 12 heteroatoms. The fourth-order valence-corrected chi connectivity index (χ4v) is 6.23. The highest BCUT2D eigenvalue weighted by atomic mass is 32.2. The van der Waals surface area contributed by atoms with Crippen LogP contribution in [0.1, 0.15) is 42.4 Å². The number of ether oxygens (including phenoxy) is 3. The van der Waals surface area contributed by atoms with Crippen LogP contribution in [0, 0.1) is 0 Å². The summed E-state index contributed by atoms with van der Waals surface area (Å²) in [5.74, 6) is 0.927. The van der Waals surface area contributed by atoms with Crippen LogP contribution in [0.4, 0.5) is 0 Å². The number of Topliss-reactive ketones (excluding diaryl/α,β-unsaturated/α-hetero) is 1. The minimum absolute atomic E-state index is 0.00837. The molecule has 0 fully saturated rings. The summed E-state index contributed by atoms with van der Waals surface area (Å²) in [7, 11) is -5.05. The third-order valence-electron chi connectivity index (χ3n) is 5.68. The van der Waals surface area contributed by atoms with Crippen LogP contribution >= 0.6 is 7.60 Å². The van der Waals surface area contributed by atoms with Crippen LogP contribution in [0.3, 0.4) is 0 Å². The molecule has 2 aromatic carbocycles. The van der Waals surface area contributed by atoms with Gasteiger partial charge in [-0.15, -0.1) is 0 Å². The molecule has 222 valence electrons. The fourth-order valence-electron chi connectivity index (χ4n) is 3.92. The molecule has 0 aliphatic rings. The Morgan fingerprint density at radius 2 is 1.61 bits per heavy atom. The molecule has 0 aliphatic heterocycles. The van der Waals surface area contributed by atoms with Crippen molar-refractivity contribution in [3.63, 3.8) is 0 Å². The Kier molecular flexibility index (Phi) is 11.6. The van der Waals surface area contributed by atoms with Crippen molar-refractivity contribution in [2.24, 2.45) is 0 Å². The van der Waals surface area contributed by atoms with Gasteiger partial charge in [-0.05, 0) is 68.8 Å². The highest BCUT2D eigenvalue weighted by Crippen LogP contribution is 2.51. The van der Waals surface area contributed by atoms with Gasteiger partial charge in [-0.1, -0.05) is 6.07 Å². The maximum absolute atomic E-state index is 13.3. The van der Waals surface area contributed by atoms with E-state index in [1.165, 1.54) is 12.1 Å². The van der Waals surface area contributed by atoms with Crippen molar-refractivity contribution < 1.29 is 41.0 Å². The molecule has 0 radical (unpaired) electrons. The van der Waals surface area contributed by atoms with E-state index in [0.717, 1.165) is 6.26 Å². The smallest absolute Gasteiger partial charge is 0.335 e. The van der Waals surface area contributed by atoms with Crippen molar-refractivity contribution >= 4 is 23.2 Å². The Labute approximate surface area is 241 Å². The number of aromatic nitrogens is 1. The standard InChI is InChI=1S/C29H36NO9PS/c1-6-36-40(32,37-7-2)20-22-8-9-24(30-18-22)16-29(31)23-14-26(38-21(3)19-35-4)17-27(15-23)39-25-10-12-28(13-11-25)41(5,33)34/h8-15,17-18,21H,6-7,16,19-20H2,1-5H3/t21-/m0/s1. The Morgan fingerprint density at radius 1 is 0.951 bits per heavy atom. The molecule has 0 saturated carbocycles. The number of carbonyl (C=O) groups is 1. The van der Waals surface area contributed by atoms with E-state index in [4.69, 9.17) is 23.3 Å². The molecule has 10 nitrogen and oxygen atoms in total. The highest BCUT2D eigenvalue weighted by molar-refractivity contribution is 7.90. The Morgan fingerprint density at radius 3 is 2.17 bits per heavy atom. The van der Waals surface area contributed by atoms with Gasteiger partial charge >= 0.3 is 7.60 Å². The average molecular weight is 606 g/mol. The number of sulfone groups is 1. The van der Waals surface area contributed by atoms with Crippen molar-refractivity contribution in [3.8, 4) is 17.2 Å². The van der Waals surface area contributed by atoms with E-state index in [1.807, 2.05) is 6.92 Å². The normalized spacial score (nSPS) is 12.6. The average Bonchev–Trinajstić information content (AvgIpc) is 2.90. The first-order chi connectivity index (χ1) is 19.4. The molecule has 1 aromatic heterocycles. The topological polar surface area (TPSA) is 127 Å². The summed E-state index contributed by atoms with van der Waals surface area (Å²) in [6.45, 7) is 6.22. The van der Waals surface area contributed by atoms with E-state index in [9.17, 15) is 17.8 Å². The zero-order valence-corrected chi connectivity index (χ0v) is 25.6. The maximum atomic E-state index is 13.3. The molecule has 3 rings (SSSR count). The zero-order chi connectivity index (χ0) is 30.0. The SMILES string of the molecule is CCOP(=O)(Cc1ccc(CC(=O)c2cc(Oc3ccc(S(C)(=O)=O)cc3)cc(O[C@@H](C)COC)c2)nc1)OCC. The van der Waals surface area contributed by atoms with Crippen LogP contribution in [0.5, 0.6) is 17.2 Å². The quantitative estimate of drug-likeness (QED) is 0.144. The van der Waals surface area contributed by atoms with E-state index >= 15 is 0 Å². The van der Waals surface area contributed by atoms with Crippen molar-refractivity contribution in [2.45, 2.75) is 44.4 Å². The molecule has 0 unspecified atom stereocenters. The summed E-state index contributed by atoms with van der Waals surface area (Å²) >= 11 is 0. The van der Waals surface area contributed by atoms with E-state index < -0.39 is 17.4 Å². The summed E-state index contributed by atoms with van der Waals surface area (Å²) in [5, 5.41) is 0. The van der Waals surface area contributed by atoms with Crippen LogP contribution in [0.25, 0.3) is 0 Å². The minimum atomic E-state index is -3.35. The van der Waals surface area contributed by atoms with Crippen LogP contribution < -0.4 is 9.47 Å². The number of hydrogen-bond donors (Lipinski definition) is 0. The lowest BCUT2D eigenvalue weighted by atomic mass is 10.0. The molecular formula is C29H36NO9PS. The molecule has 0 spiro atoms. The van der Waals surface area contributed by atoms with Crippen LogP contribution in [-0.2, 0) is 40.8 Å².